The van der Waals surface area contributed by atoms with Gasteiger partial charge < -0.3 is 24.6 Å². The number of rotatable bonds is 8. The number of aromatic nitrogens is 1. The third kappa shape index (κ3) is 5.72. The number of hydrogen-bond acceptors (Lipinski definition) is 7. The van der Waals surface area contributed by atoms with Gasteiger partial charge in [-0.25, -0.2) is 0 Å². The predicted molar refractivity (Wildman–Crippen MR) is 125 cm³/mol. The number of nitrogens with zero attached hydrogens (tertiary/aromatic N) is 3. The van der Waals surface area contributed by atoms with Gasteiger partial charge in [0.2, 0.25) is 5.91 Å². The lowest BCUT2D eigenvalue weighted by Crippen LogP contribution is -2.45. The van der Waals surface area contributed by atoms with Crippen LogP contribution < -0.4 is 10.2 Å². The smallest absolute Gasteiger partial charge is 0.308 e. The minimum Gasteiger partial charge on any atom is -0.466 e. The molecular formula is C25H30N4O5. The highest BCUT2D eigenvalue weighted by atomic mass is 16.5. The molecule has 4 rings (SSSR count). The lowest BCUT2D eigenvalue weighted by atomic mass is 9.97. The van der Waals surface area contributed by atoms with Gasteiger partial charge in [0.15, 0.2) is 0 Å². The number of pyridine rings is 1. The van der Waals surface area contributed by atoms with Crippen molar-refractivity contribution in [3.05, 3.63) is 59.4 Å². The van der Waals surface area contributed by atoms with Crippen LogP contribution in [0.15, 0.2) is 42.7 Å². The van der Waals surface area contributed by atoms with Crippen molar-refractivity contribution in [2.45, 2.75) is 25.8 Å². The number of nitrogens with one attached hydrogen (secondary N) is 1. The normalized spacial score (nSPS) is 16.6. The van der Waals surface area contributed by atoms with E-state index >= 15 is 0 Å². The zero-order chi connectivity index (χ0) is 23.9. The van der Waals surface area contributed by atoms with Crippen LogP contribution in [0, 0.1) is 0 Å². The minimum atomic E-state index is -0.583. The van der Waals surface area contributed by atoms with Crippen molar-refractivity contribution in [3.63, 3.8) is 0 Å². The molecule has 0 aliphatic carbocycles. The Kier molecular flexibility index (Phi) is 7.74. The minimum absolute atomic E-state index is 0.00897. The standard InChI is InChI=1S/C25H30N4O5/c1-2-34-24(31)15-22(19-4-3-8-26-16-19)27-23(30)17-29-9-7-18-5-6-20(14-21(18)25(29)32)28-10-12-33-13-11-28/h3-6,8,14,16,22H,2,7,9-13,15,17H2,1H3,(H,27,30)/t22-/m0/s1. The quantitative estimate of drug-likeness (QED) is 0.591. The van der Waals surface area contributed by atoms with Gasteiger partial charge in [0.1, 0.15) is 0 Å². The van der Waals surface area contributed by atoms with Crippen molar-refractivity contribution in [3.8, 4) is 0 Å². The van der Waals surface area contributed by atoms with Crippen molar-refractivity contribution in [2.75, 3.05) is 50.9 Å². The lowest BCUT2D eigenvalue weighted by molar-refractivity contribution is -0.143. The predicted octanol–water partition coefficient (Wildman–Crippen LogP) is 1.73. The average Bonchev–Trinajstić information content (AvgIpc) is 2.86. The number of hydrogen-bond donors (Lipinski definition) is 1. The maximum atomic E-state index is 13.2. The summed E-state index contributed by atoms with van der Waals surface area (Å²) in [5.74, 6) is -0.899. The topological polar surface area (TPSA) is 101 Å². The second kappa shape index (κ2) is 11.1. The molecule has 3 heterocycles. The number of ether oxygens (including phenoxy) is 2. The number of benzene rings is 1. The van der Waals surface area contributed by atoms with E-state index in [0.717, 1.165) is 24.3 Å². The van der Waals surface area contributed by atoms with E-state index in [0.29, 0.717) is 37.3 Å². The molecule has 9 heteroatoms. The summed E-state index contributed by atoms with van der Waals surface area (Å²) < 4.78 is 10.5. The summed E-state index contributed by atoms with van der Waals surface area (Å²) in [5.41, 5.74) is 3.33. The first kappa shape index (κ1) is 23.7. The fourth-order valence-electron chi connectivity index (χ4n) is 4.31. The van der Waals surface area contributed by atoms with Crippen molar-refractivity contribution < 1.29 is 23.9 Å². The SMILES string of the molecule is CCOC(=O)C[C@H](NC(=O)CN1CCc2ccc(N3CCOCC3)cc2C1=O)c1cccnc1. The van der Waals surface area contributed by atoms with E-state index < -0.39 is 12.0 Å². The maximum absolute atomic E-state index is 13.2. The van der Waals surface area contributed by atoms with Crippen LogP contribution in [-0.4, -0.2) is 73.7 Å². The van der Waals surface area contributed by atoms with E-state index in [1.54, 1.807) is 36.4 Å². The highest BCUT2D eigenvalue weighted by Gasteiger charge is 2.28. The lowest BCUT2D eigenvalue weighted by Gasteiger charge is -2.32. The third-order valence-corrected chi connectivity index (χ3v) is 6.07. The van der Waals surface area contributed by atoms with Gasteiger partial charge in [-0.2, -0.15) is 0 Å². The van der Waals surface area contributed by atoms with Crippen molar-refractivity contribution in [1.82, 2.24) is 15.2 Å². The Morgan fingerprint density at radius 2 is 2.03 bits per heavy atom. The van der Waals surface area contributed by atoms with Crippen LogP contribution in [0.4, 0.5) is 5.69 Å². The van der Waals surface area contributed by atoms with Crippen LogP contribution in [0.25, 0.3) is 0 Å². The fourth-order valence-corrected chi connectivity index (χ4v) is 4.31. The maximum Gasteiger partial charge on any atom is 0.308 e. The van der Waals surface area contributed by atoms with Gasteiger partial charge in [0.25, 0.3) is 5.91 Å². The van der Waals surface area contributed by atoms with Crippen LogP contribution in [0.2, 0.25) is 0 Å². The van der Waals surface area contributed by atoms with Crippen LogP contribution in [0.5, 0.6) is 0 Å². The number of amides is 2. The number of carbonyl (C=O) groups excluding carboxylic acids is 3. The molecule has 2 amide bonds. The van der Waals surface area contributed by atoms with Crippen LogP contribution in [-0.2, 0) is 25.5 Å². The summed E-state index contributed by atoms with van der Waals surface area (Å²) in [6, 6.07) is 8.94. The van der Waals surface area contributed by atoms with Crippen molar-refractivity contribution >= 4 is 23.5 Å². The molecule has 2 aliphatic heterocycles. The molecule has 1 atom stereocenters. The molecule has 2 aromatic rings. The van der Waals surface area contributed by atoms with Gasteiger partial charge in [-0.05, 0) is 42.7 Å². The van der Waals surface area contributed by atoms with E-state index in [2.05, 4.69) is 15.2 Å². The van der Waals surface area contributed by atoms with Crippen LogP contribution in [0.3, 0.4) is 0 Å². The molecule has 1 N–H and O–H groups in total. The Bertz CT molecular complexity index is 1020. The Labute approximate surface area is 199 Å². The summed E-state index contributed by atoms with van der Waals surface area (Å²) in [5, 5.41) is 2.88. The zero-order valence-electron chi connectivity index (χ0n) is 19.4. The van der Waals surface area contributed by atoms with E-state index in [1.165, 1.54) is 0 Å². The molecule has 0 radical (unpaired) electrons. The molecule has 0 bridgehead atoms. The average molecular weight is 467 g/mol. The molecular weight excluding hydrogens is 436 g/mol. The van der Waals surface area contributed by atoms with Crippen molar-refractivity contribution in [2.24, 2.45) is 0 Å². The molecule has 0 spiro atoms. The number of morpholine rings is 1. The van der Waals surface area contributed by atoms with E-state index in [9.17, 15) is 14.4 Å². The third-order valence-electron chi connectivity index (χ3n) is 6.07. The van der Waals surface area contributed by atoms with Gasteiger partial charge in [0, 0.05) is 43.3 Å². The van der Waals surface area contributed by atoms with E-state index in [4.69, 9.17) is 9.47 Å². The molecule has 0 saturated carbocycles. The molecule has 1 saturated heterocycles. The van der Waals surface area contributed by atoms with Crippen molar-refractivity contribution in [1.29, 1.82) is 0 Å². The summed E-state index contributed by atoms with van der Waals surface area (Å²) in [6.45, 7) is 5.29. The second-order valence-corrected chi connectivity index (χ2v) is 8.33. The largest absolute Gasteiger partial charge is 0.466 e. The first-order chi connectivity index (χ1) is 16.5. The van der Waals surface area contributed by atoms with E-state index in [1.807, 2.05) is 18.2 Å². The Balaban J connectivity index is 1.43. The number of fused-ring (bicyclic) bond motifs is 1. The molecule has 9 nitrogen and oxygen atoms in total. The van der Waals surface area contributed by atoms with E-state index in [-0.39, 0.29) is 31.4 Å². The number of carbonyl (C=O) groups is 3. The monoisotopic (exact) mass is 466 g/mol. The fraction of sp³-hybridized carbons (Fsp3) is 0.440. The summed E-state index contributed by atoms with van der Waals surface area (Å²) in [7, 11) is 0. The number of esters is 1. The molecule has 1 fully saturated rings. The van der Waals surface area contributed by atoms with Crippen LogP contribution >= 0.6 is 0 Å². The van der Waals surface area contributed by atoms with Gasteiger partial charge in [-0.3, -0.25) is 19.4 Å². The molecule has 1 aromatic heterocycles. The Hall–Kier alpha value is -3.46. The summed E-state index contributed by atoms with van der Waals surface area (Å²) in [4.78, 5) is 46.1. The number of anilines is 1. The second-order valence-electron chi connectivity index (χ2n) is 8.33. The molecule has 2 aliphatic rings. The van der Waals surface area contributed by atoms with Gasteiger partial charge in [-0.15, -0.1) is 0 Å². The summed E-state index contributed by atoms with van der Waals surface area (Å²) >= 11 is 0. The Morgan fingerprint density at radius 3 is 2.76 bits per heavy atom. The van der Waals surface area contributed by atoms with Gasteiger partial charge >= 0.3 is 5.97 Å². The highest BCUT2D eigenvalue weighted by Crippen LogP contribution is 2.25. The molecule has 180 valence electrons. The molecule has 1 aromatic carbocycles. The Morgan fingerprint density at radius 1 is 1.21 bits per heavy atom. The van der Waals surface area contributed by atoms with Crippen LogP contribution in [0.1, 0.15) is 40.9 Å². The zero-order valence-corrected chi connectivity index (χ0v) is 19.4. The molecule has 0 unspecified atom stereocenters. The van der Waals surface area contributed by atoms with Gasteiger partial charge in [0.05, 0.1) is 38.8 Å². The summed E-state index contributed by atoms with van der Waals surface area (Å²) in [6.07, 6.45) is 3.92. The highest BCUT2D eigenvalue weighted by molar-refractivity contribution is 5.99. The first-order valence-corrected chi connectivity index (χ1v) is 11.6. The first-order valence-electron chi connectivity index (χ1n) is 11.6. The molecule has 34 heavy (non-hydrogen) atoms. The van der Waals surface area contributed by atoms with Gasteiger partial charge in [-0.1, -0.05) is 12.1 Å².